The molecule has 0 aromatic rings. The standard InChI is InChI=1S/C10H16N2O3/c1-15-6-5-8-9(13)12(10(14)11-8)7-3-2-4-7/h7-8H,2-6H2,1H3,(H,11,14). The summed E-state index contributed by atoms with van der Waals surface area (Å²) in [5, 5.41) is 2.70. The molecule has 84 valence electrons. The zero-order valence-electron chi connectivity index (χ0n) is 8.86. The van der Waals surface area contributed by atoms with Crippen LogP contribution in [0, 0.1) is 0 Å². The molecule has 3 amide bonds. The molecule has 2 fully saturated rings. The van der Waals surface area contributed by atoms with Crippen LogP contribution in [-0.2, 0) is 9.53 Å². The molecule has 0 aromatic heterocycles. The third-order valence-corrected chi connectivity index (χ3v) is 3.10. The van der Waals surface area contributed by atoms with Crippen LogP contribution in [0.15, 0.2) is 0 Å². The fraction of sp³-hybridized carbons (Fsp3) is 0.800. The molecule has 1 aliphatic carbocycles. The number of nitrogens with zero attached hydrogens (tertiary/aromatic N) is 1. The van der Waals surface area contributed by atoms with Crippen molar-refractivity contribution in [2.45, 2.75) is 37.8 Å². The van der Waals surface area contributed by atoms with Gasteiger partial charge in [-0.25, -0.2) is 4.79 Å². The Morgan fingerprint density at radius 2 is 2.20 bits per heavy atom. The van der Waals surface area contributed by atoms with Gasteiger partial charge >= 0.3 is 6.03 Å². The van der Waals surface area contributed by atoms with Gasteiger partial charge in [0.2, 0.25) is 0 Å². The molecule has 1 saturated heterocycles. The maximum Gasteiger partial charge on any atom is 0.325 e. The highest BCUT2D eigenvalue weighted by Gasteiger charge is 2.43. The van der Waals surface area contributed by atoms with Gasteiger partial charge in [-0.2, -0.15) is 0 Å². The first kappa shape index (κ1) is 10.4. The van der Waals surface area contributed by atoms with Crippen molar-refractivity contribution in [1.82, 2.24) is 10.2 Å². The van der Waals surface area contributed by atoms with E-state index in [0.29, 0.717) is 13.0 Å². The molecule has 0 spiro atoms. The molecule has 0 aromatic carbocycles. The van der Waals surface area contributed by atoms with Crippen LogP contribution in [0.4, 0.5) is 4.79 Å². The average molecular weight is 212 g/mol. The van der Waals surface area contributed by atoms with Crippen molar-refractivity contribution < 1.29 is 14.3 Å². The second-order valence-electron chi connectivity index (χ2n) is 4.08. The van der Waals surface area contributed by atoms with E-state index in [0.717, 1.165) is 19.3 Å². The van der Waals surface area contributed by atoms with Crippen molar-refractivity contribution in [3.05, 3.63) is 0 Å². The van der Waals surface area contributed by atoms with E-state index in [1.54, 1.807) is 7.11 Å². The predicted octanol–water partition coefficient (Wildman–Crippen LogP) is 0.496. The van der Waals surface area contributed by atoms with E-state index in [9.17, 15) is 9.59 Å². The van der Waals surface area contributed by atoms with Crippen molar-refractivity contribution in [2.24, 2.45) is 0 Å². The van der Waals surface area contributed by atoms with Crippen LogP contribution in [0.2, 0.25) is 0 Å². The third kappa shape index (κ3) is 1.84. The number of hydrogen-bond donors (Lipinski definition) is 1. The summed E-state index contributed by atoms with van der Waals surface area (Å²) < 4.78 is 4.90. The second-order valence-corrected chi connectivity index (χ2v) is 4.08. The number of rotatable bonds is 4. The molecule has 2 rings (SSSR count). The summed E-state index contributed by atoms with van der Waals surface area (Å²) in [4.78, 5) is 24.8. The van der Waals surface area contributed by atoms with Crippen molar-refractivity contribution in [2.75, 3.05) is 13.7 Å². The molecule has 1 N–H and O–H groups in total. The van der Waals surface area contributed by atoms with E-state index >= 15 is 0 Å². The highest BCUT2D eigenvalue weighted by molar-refractivity contribution is 6.04. The molecule has 0 radical (unpaired) electrons. The van der Waals surface area contributed by atoms with Gasteiger partial charge in [0, 0.05) is 26.2 Å². The number of imide groups is 1. The number of urea groups is 1. The van der Waals surface area contributed by atoms with Gasteiger partial charge in [-0.05, 0) is 19.3 Å². The smallest absolute Gasteiger partial charge is 0.325 e. The van der Waals surface area contributed by atoms with Crippen LogP contribution in [0.1, 0.15) is 25.7 Å². The molecule has 1 unspecified atom stereocenters. The molecular weight excluding hydrogens is 196 g/mol. The fourth-order valence-corrected chi connectivity index (χ4v) is 1.97. The van der Waals surface area contributed by atoms with Gasteiger partial charge in [0.05, 0.1) is 0 Å². The minimum Gasteiger partial charge on any atom is -0.385 e. The number of carbonyl (C=O) groups excluding carboxylic acids is 2. The molecule has 1 atom stereocenters. The molecule has 1 saturated carbocycles. The lowest BCUT2D eigenvalue weighted by molar-refractivity contribution is -0.130. The average Bonchev–Trinajstić information content (AvgIpc) is 2.40. The summed E-state index contributed by atoms with van der Waals surface area (Å²) in [5.41, 5.74) is 0. The number of ether oxygens (including phenoxy) is 1. The van der Waals surface area contributed by atoms with E-state index in [1.165, 1.54) is 4.90 Å². The van der Waals surface area contributed by atoms with E-state index < -0.39 is 0 Å². The molecule has 0 bridgehead atoms. The minimum absolute atomic E-state index is 0.0817. The number of hydrogen-bond acceptors (Lipinski definition) is 3. The minimum atomic E-state index is -0.377. The normalized spacial score (nSPS) is 26.7. The molecule has 1 aliphatic heterocycles. The summed E-state index contributed by atoms with van der Waals surface area (Å²) in [5.74, 6) is -0.0817. The fourth-order valence-electron chi connectivity index (χ4n) is 1.97. The second kappa shape index (κ2) is 4.18. The van der Waals surface area contributed by atoms with Crippen molar-refractivity contribution in [3.8, 4) is 0 Å². The van der Waals surface area contributed by atoms with Gasteiger partial charge in [0.15, 0.2) is 0 Å². The van der Waals surface area contributed by atoms with Crippen molar-refractivity contribution in [1.29, 1.82) is 0 Å². The molecule has 1 heterocycles. The Hall–Kier alpha value is -1.10. The van der Waals surface area contributed by atoms with E-state index in [2.05, 4.69) is 5.32 Å². The van der Waals surface area contributed by atoms with Gasteiger partial charge in [0.25, 0.3) is 5.91 Å². The Morgan fingerprint density at radius 1 is 1.47 bits per heavy atom. The first-order chi connectivity index (χ1) is 7.24. The Bertz CT molecular complexity index is 276. The summed E-state index contributed by atoms with van der Waals surface area (Å²) in [6.45, 7) is 0.495. The Kier molecular flexibility index (Phi) is 2.90. The highest BCUT2D eigenvalue weighted by atomic mass is 16.5. The summed E-state index contributed by atoms with van der Waals surface area (Å²) in [7, 11) is 1.59. The lowest BCUT2D eigenvalue weighted by atomic mass is 9.91. The van der Waals surface area contributed by atoms with Crippen LogP contribution in [0.5, 0.6) is 0 Å². The van der Waals surface area contributed by atoms with Crippen molar-refractivity contribution >= 4 is 11.9 Å². The van der Waals surface area contributed by atoms with Gasteiger partial charge in [-0.1, -0.05) is 0 Å². The van der Waals surface area contributed by atoms with E-state index in [-0.39, 0.29) is 24.0 Å². The monoisotopic (exact) mass is 212 g/mol. The molecular formula is C10H16N2O3. The number of carbonyl (C=O) groups is 2. The quantitative estimate of drug-likeness (QED) is 0.690. The highest BCUT2D eigenvalue weighted by Crippen LogP contribution is 2.27. The van der Waals surface area contributed by atoms with Crippen LogP contribution in [0.25, 0.3) is 0 Å². The number of amides is 3. The number of methoxy groups -OCH3 is 1. The maximum absolute atomic E-state index is 11.8. The topological polar surface area (TPSA) is 58.6 Å². The van der Waals surface area contributed by atoms with E-state index in [1.807, 2.05) is 0 Å². The lowest BCUT2D eigenvalue weighted by Crippen LogP contribution is -2.44. The van der Waals surface area contributed by atoms with Crippen LogP contribution in [0.3, 0.4) is 0 Å². The first-order valence-electron chi connectivity index (χ1n) is 5.36. The largest absolute Gasteiger partial charge is 0.385 e. The van der Waals surface area contributed by atoms with Gasteiger partial charge < -0.3 is 10.1 Å². The lowest BCUT2D eigenvalue weighted by Gasteiger charge is -2.32. The molecule has 5 nitrogen and oxygen atoms in total. The Morgan fingerprint density at radius 3 is 2.73 bits per heavy atom. The molecule has 15 heavy (non-hydrogen) atoms. The summed E-state index contributed by atoms with van der Waals surface area (Å²) in [6.07, 6.45) is 3.58. The van der Waals surface area contributed by atoms with Gasteiger partial charge in [0.1, 0.15) is 6.04 Å². The summed E-state index contributed by atoms with van der Waals surface area (Å²) >= 11 is 0. The molecule has 2 aliphatic rings. The molecule has 5 heteroatoms. The predicted molar refractivity (Wildman–Crippen MR) is 53.3 cm³/mol. The van der Waals surface area contributed by atoms with Crippen LogP contribution in [-0.4, -0.2) is 42.6 Å². The zero-order chi connectivity index (χ0) is 10.8. The Labute approximate surface area is 88.8 Å². The van der Waals surface area contributed by atoms with Crippen LogP contribution < -0.4 is 5.32 Å². The third-order valence-electron chi connectivity index (χ3n) is 3.10. The first-order valence-corrected chi connectivity index (χ1v) is 5.36. The van der Waals surface area contributed by atoms with Gasteiger partial charge in [-0.15, -0.1) is 0 Å². The van der Waals surface area contributed by atoms with E-state index in [4.69, 9.17) is 4.74 Å². The summed E-state index contributed by atoms with van der Waals surface area (Å²) in [6, 6.07) is -0.464. The SMILES string of the molecule is COCCC1NC(=O)N(C2CCC2)C1=O. The maximum atomic E-state index is 11.8. The van der Waals surface area contributed by atoms with Crippen molar-refractivity contribution in [3.63, 3.8) is 0 Å². The van der Waals surface area contributed by atoms with Crippen LogP contribution >= 0.6 is 0 Å². The Balaban J connectivity index is 1.96. The zero-order valence-corrected chi connectivity index (χ0v) is 8.86. The van der Waals surface area contributed by atoms with Gasteiger partial charge in [-0.3, -0.25) is 9.69 Å². The number of nitrogens with one attached hydrogen (secondary N) is 1.